The molecule has 4 heteroatoms. The van der Waals surface area contributed by atoms with Gasteiger partial charge in [-0.2, -0.15) is 0 Å². The Balaban J connectivity index is 3.37. The van der Waals surface area contributed by atoms with Crippen molar-refractivity contribution in [3.63, 3.8) is 0 Å². The standard InChI is InChI=1S/C15H31NO3/c1-14(2,3)8-7-13(17)19-12-11-18-10-9-16-15(4,5)6/h16H,7-12H2,1-6H3. The number of hydrogen-bond acceptors (Lipinski definition) is 4. The molecule has 0 saturated heterocycles. The third-order valence-electron chi connectivity index (χ3n) is 2.47. The van der Waals surface area contributed by atoms with Crippen molar-refractivity contribution in [1.29, 1.82) is 0 Å². The van der Waals surface area contributed by atoms with Gasteiger partial charge in [-0.25, -0.2) is 0 Å². The highest BCUT2D eigenvalue weighted by Crippen LogP contribution is 2.20. The van der Waals surface area contributed by atoms with E-state index in [9.17, 15) is 4.79 Å². The molecule has 0 atom stereocenters. The summed E-state index contributed by atoms with van der Waals surface area (Å²) in [6.45, 7) is 14.9. The molecule has 0 aliphatic heterocycles. The molecule has 114 valence electrons. The van der Waals surface area contributed by atoms with Crippen LogP contribution in [0.5, 0.6) is 0 Å². The van der Waals surface area contributed by atoms with Crippen molar-refractivity contribution >= 4 is 5.97 Å². The van der Waals surface area contributed by atoms with Crippen LogP contribution in [0.2, 0.25) is 0 Å². The molecule has 0 spiro atoms. The lowest BCUT2D eigenvalue weighted by Crippen LogP contribution is -2.38. The zero-order chi connectivity index (χ0) is 14.9. The molecular formula is C15H31NO3. The summed E-state index contributed by atoms with van der Waals surface area (Å²) in [5.74, 6) is -0.133. The lowest BCUT2D eigenvalue weighted by atomic mass is 9.91. The van der Waals surface area contributed by atoms with E-state index in [-0.39, 0.29) is 16.9 Å². The summed E-state index contributed by atoms with van der Waals surface area (Å²) in [7, 11) is 0. The van der Waals surface area contributed by atoms with E-state index in [4.69, 9.17) is 9.47 Å². The SMILES string of the molecule is CC(C)(C)CCC(=O)OCCOCCNC(C)(C)C. The molecule has 0 amide bonds. The van der Waals surface area contributed by atoms with Crippen molar-refractivity contribution in [1.82, 2.24) is 5.32 Å². The second kappa shape index (κ2) is 8.54. The molecule has 0 bridgehead atoms. The Kier molecular flexibility index (Phi) is 8.26. The molecule has 0 fully saturated rings. The van der Waals surface area contributed by atoms with Crippen LogP contribution in [0.15, 0.2) is 0 Å². The summed E-state index contributed by atoms with van der Waals surface area (Å²) in [4.78, 5) is 11.4. The molecule has 1 N–H and O–H groups in total. The Morgan fingerprint density at radius 1 is 1.00 bits per heavy atom. The van der Waals surface area contributed by atoms with Gasteiger partial charge in [-0.3, -0.25) is 4.79 Å². The largest absolute Gasteiger partial charge is 0.463 e. The molecule has 4 nitrogen and oxygen atoms in total. The molecule has 0 aliphatic carbocycles. The summed E-state index contributed by atoms with van der Waals surface area (Å²) < 4.78 is 10.5. The third kappa shape index (κ3) is 15.3. The van der Waals surface area contributed by atoms with Gasteiger partial charge in [0.05, 0.1) is 13.2 Å². The Morgan fingerprint density at radius 3 is 2.16 bits per heavy atom. The Bertz CT molecular complexity index is 251. The minimum Gasteiger partial charge on any atom is -0.463 e. The summed E-state index contributed by atoms with van der Waals surface area (Å²) in [5, 5.41) is 3.33. The van der Waals surface area contributed by atoms with Gasteiger partial charge in [0.1, 0.15) is 6.61 Å². The Hall–Kier alpha value is -0.610. The van der Waals surface area contributed by atoms with E-state index in [2.05, 4.69) is 46.9 Å². The summed E-state index contributed by atoms with van der Waals surface area (Å²) in [5.41, 5.74) is 0.289. The molecule has 0 rings (SSSR count). The van der Waals surface area contributed by atoms with Gasteiger partial charge in [0.15, 0.2) is 0 Å². The molecule has 0 unspecified atom stereocenters. The van der Waals surface area contributed by atoms with Crippen molar-refractivity contribution in [2.24, 2.45) is 5.41 Å². The Morgan fingerprint density at radius 2 is 1.63 bits per heavy atom. The summed E-state index contributed by atoms with van der Waals surface area (Å²) >= 11 is 0. The summed E-state index contributed by atoms with van der Waals surface area (Å²) in [6, 6.07) is 0. The first-order valence-corrected chi connectivity index (χ1v) is 7.08. The van der Waals surface area contributed by atoms with E-state index in [0.29, 0.717) is 26.2 Å². The van der Waals surface area contributed by atoms with Crippen LogP contribution in [0.25, 0.3) is 0 Å². The van der Waals surface area contributed by atoms with Gasteiger partial charge < -0.3 is 14.8 Å². The van der Waals surface area contributed by atoms with Crippen LogP contribution in [0.3, 0.4) is 0 Å². The molecule has 0 aromatic rings. The van der Waals surface area contributed by atoms with Gasteiger partial charge >= 0.3 is 5.97 Å². The predicted molar refractivity (Wildman–Crippen MR) is 78.2 cm³/mol. The summed E-state index contributed by atoms with van der Waals surface area (Å²) in [6.07, 6.45) is 1.33. The van der Waals surface area contributed by atoms with Gasteiger partial charge in [-0.1, -0.05) is 20.8 Å². The number of rotatable bonds is 8. The highest BCUT2D eigenvalue weighted by Gasteiger charge is 2.13. The second-order valence-corrected chi connectivity index (χ2v) is 7.07. The Labute approximate surface area is 118 Å². The van der Waals surface area contributed by atoms with Crippen LogP contribution in [-0.4, -0.2) is 37.9 Å². The van der Waals surface area contributed by atoms with E-state index in [0.717, 1.165) is 13.0 Å². The average molecular weight is 273 g/mol. The normalized spacial score (nSPS) is 12.5. The molecular weight excluding hydrogens is 242 g/mol. The maximum absolute atomic E-state index is 11.4. The van der Waals surface area contributed by atoms with E-state index < -0.39 is 0 Å². The minimum atomic E-state index is -0.133. The van der Waals surface area contributed by atoms with Gasteiger partial charge in [0, 0.05) is 18.5 Å². The number of nitrogens with one attached hydrogen (secondary N) is 1. The van der Waals surface area contributed by atoms with Crippen LogP contribution in [0.1, 0.15) is 54.4 Å². The number of esters is 1. The first kappa shape index (κ1) is 18.4. The maximum atomic E-state index is 11.4. The van der Waals surface area contributed by atoms with E-state index in [1.807, 2.05) is 0 Å². The van der Waals surface area contributed by atoms with Gasteiger partial charge in [0.25, 0.3) is 0 Å². The predicted octanol–water partition coefficient (Wildman–Crippen LogP) is 2.76. The molecule has 0 radical (unpaired) electrons. The molecule has 0 aliphatic rings. The van der Waals surface area contributed by atoms with Crippen molar-refractivity contribution in [3.8, 4) is 0 Å². The average Bonchev–Trinajstić information content (AvgIpc) is 2.22. The minimum absolute atomic E-state index is 0.114. The first-order valence-electron chi connectivity index (χ1n) is 7.08. The van der Waals surface area contributed by atoms with Gasteiger partial charge in [-0.05, 0) is 32.6 Å². The molecule has 0 heterocycles. The van der Waals surface area contributed by atoms with Crippen molar-refractivity contribution < 1.29 is 14.3 Å². The molecule has 19 heavy (non-hydrogen) atoms. The van der Waals surface area contributed by atoms with Crippen LogP contribution in [0, 0.1) is 5.41 Å². The second-order valence-electron chi connectivity index (χ2n) is 7.07. The van der Waals surface area contributed by atoms with Crippen molar-refractivity contribution in [3.05, 3.63) is 0 Å². The first-order chi connectivity index (χ1) is 8.60. The van der Waals surface area contributed by atoms with Crippen LogP contribution >= 0.6 is 0 Å². The highest BCUT2D eigenvalue weighted by atomic mass is 16.6. The van der Waals surface area contributed by atoms with Crippen LogP contribution in [-0.2, 0) is 14.3 Å². The zero-order valence-corrected chi connectivity index (χ0v) is 13.5. The fourth-order valence-electron chi connectivity index (χ4n) is 1.36. The fraction of sp³-hybridized carbons (Fsp3) is 0.933. The molecule has 0 aromatic carbocycles. The lowest BCUT2D eigenvalue weighted by molar-refractivity contribution is -0.145. The number of carbonyl (C=O) groups excluding carboxylic acids is 1. The molecule has 0 saturated carbocycles. The fourth-order valence-corrected chi connectivity index (χ4v) is 1.36. The van der Waals surface area contributed by atoms with Gasteiger partial charge in [-0.15, -0.1) is 0 Å². The van der Waals surface area contributed by atoms with Crippen LogP contribution < -0.4 is 5.32 Å². The highest BCUT2D eigenvalue weighted by molar-refractivity contribution is 5.69. The third-order valence-corrected chi connectivity index (χ3v) is 2.47. The quantitative estimate of drug-likeness (QED) is 0.546. The molecule has 0 aromatic heterocycles. The topological polar surface area (TPSA) is 47.6 Å². The van der Waals surface area contributed by atoms with Crippen molar-refractivity contribution in [2.45, 2.75) is 59.9 Å². The monoisotopic (exact) mass is 273 g/mol. The maximum Gasteiger partial charge on any atom is 0.305 e. The van der Waals surface area contributed by atoms with Crippen molar-refractivity contribution in [2.75, 3.05) is 26.4 Å². The van der Waals surface area contributed by atoms with E-state index in [1.54, 1.807) is 0 Å². The van der Waals surface area contributed by atoms with Gasteiger partial charge in [0.2, 0.25) is 0 Å². The van der Waals surface area contributed by atoms with E-state index in [1.165, 1.54) is 0 Å². The number of hydrogen-bond donors (Lipinski definition) is 1. The van der Waals surface area contributed by atoms with E-state index >= 15 is 0 Å². The number of carbonyl (C=O) groups is 1. The smallest absolute Gasteiger partial charge is 0.305 e. The van der Waals surface area contributed by atoms with Crippen LogP contribution in [0.4, 0.5) is 0 Å². The lowest BCUT2D eigenvalue weighted by Gasteiger charge is -2.20. The zero-order valence-electron chi connectivity index (χ0n) is 13.5. The number of ether oxygens (including phenoxy) is 2.